The number of carboxylic acids is 1. The van der Waals surface area contributed by atoms with Crippen LogP contribution in [0.2, 0.25) is 0 Å². The molecule has 18 heavy (non-hydrogen) atoms. The summed E-state index contributed by atoms with van der Waals surface area (Å²) in [4.78, 5) is 45.1. The molecule has 0 saturated carbocycles. The lowest BCUT2D eigenvalue weighted by Crippen LogP contribution is -2.35. The van der Waals surface area contributed by atoms with E-state index in [9.17, 15) is 19.2 Å². The first-order chi connectivity index (χ1) is 8.52. The highest BCUT2D eigenvalue weighted by molar-refractivity contribution is 6.14. The molecule has 0 aromatic heterocycles. The molecule has 1 fully saturated rings. The number of nitrogens with zero attached hydrogens (tertiary/aromatic N) is 1. The zero-order valence-corrected chi connectivity index (χ0v) is 10.2. The summed E-state index contributed by atoms with van der Waals surface area (Å²) in [6.45, 7) is 0. The van der Waals surface area contributed by atoms with Crippen molar-refractivity contribution in [1.29, 1.82) is 0 Å². The van der Waals surface area contributed by atoms with Gasteiger partial charge in [0.25, 0.3) is 0 Å². The average molecular weight is 255 g/mol. The van der Waals surface area contributed by atoms with Crippen molar-refractivity contribution in [2.24, 2.45) is 0 Å². The van der Waals surface area contributed by atoms with Crippen molar-refractivity contribution in [3.05, 3.63) is 0 Å². The maximum atomic E-state index is 11.6. The van der Waals surface area contributed by atoms with Gasteiger partial charge in [-0.3, -0.25) is 19.2 Å². The van der Waals surface area contributed by atoms with E-state index in [1.54, 1.807) is 0 Å². The number of carboxylic acid groups (broad SMARTS) is 1. The smallest absolute Gasteiger partial charge is 0.303 e. The molecule has 0 aromatic carbocycles. The first kappa shape index (κ1) is 14.3. The molecule has 0 atom stereocenters. The second-order valence-corrected chi connectivity index (χ2v) is 4.32. The summed E-state index contributed by atoms with van der Waals surface area (Å²) >= 11 is 0. The molecule has 1 saturated heterocycles. The first-order valence-electron chi connectivity index (χ1n) is 6.13. The molecule has 1 heterocycles. The fourth-order valence-corrected chi connectivity index (χ4v) is 1.87. The van der Waals surface area contributed by atoms with Crippen LogP contribution in [0.4, 0.5) is 0 Å². The molecule has 3 amide bonds. The van der Waals surface area contributed by atoms with E-state index in [-0.39, 0.29) is 25.7 Å². The molecule has 0 spiro atoms. The molecule has 6 nitrogen and oxygen atoms in total. The van der Waals surface area contributed by atoms with Crippen LogP contribution in [0.1, 0.15) is 51.4 Å². The van der Waals surface area contributed by atoms with Gasteiger partial charge in [0.1, 0.15) is 0 Å². The average Bonchev–Trinajstić information content (AvgIpc) is 2.63. The van der Waals surface area contributed by atoms with Crippen molar-refractivity contribution < 1.29 is 24.3 Å². The number of carbonyl (C=O) groups is 4. The molecule has 0 aromatic rings. The van der Waals surface area contributed by atoms with E-state index >= 15 is 0 Å². The summed E-state index contributed by atoms with van der Waals surface area (Å²) in [6, 6.07) is 0. The highest BCUT2D eigenvalue weighted by Crippen LogP contribution is 2.15. The van der Waals surface area contributed by atoms with Crippen LogP contribution in [0.25, 0.3) is 0 Å². The maximum absolute atomic E-state index is 11.6. The second kappa shape index (κ2) is 6.88. The summed E-state index contributed by atoms with van der Waals surface area (Å²) < 4.78 is 0. The summed E-state index contributed by atoms with van der Waals surface area (Å²) in [5.74, 6) is -2.06. The standard InChI is InChI=1S/C12H17NO5/c14-9(13-10(15)7-8-11(13)16)5-3-1-2-4-6-12(17)18/h1-8H2,(H,17,18). The molecule has 100 valence electrons. The summed E-state index contributed by atoms with van der Waals surface area (Å²) in [6.07, 6.45) is 3.20. The molecule has 0 radical (unpaired) electrons. The van der Waals surface area contributed by atoms with Crippen molar-refractivity contribution in [2.75, 3.05) is 0 Å². The lowest BCUT2D eigenvalue weighted by Gasteiger charge is -2.11. The van der Waals surface area contributed by atoms with E-state index < -0.39 is 23.7 Å². The van der Waals surface area contributed by atoms with Gasteiger partial charge in [-0.1, -0.05) is 12.8 Å². The molecule has 1 aliphatic heterocycles. The fraction of sp³-hybridized carbons (Fsp3) is 0.667. The predicted octanol–water partition coefficient (Wildman–Crippen LogP) is 1.09. The first-order valence-corrected chi connectivity index (χ1v) is 6.13. The van der Waals surface area contributed by atoms with Gasteiger partial charge in [0.15, 0.2) is 0 Å². The zero-order chi connectivity index (χ0) is 13.5. The minimum atomic E-state index is -0.820. The minimum absolute atomic E-state index is 0.128. The van der Waals surface area contributed by atoms with Crippen LogP contribution >= 0.6 is 0 Å². The van der Waals surface area contributed by atoms with Crippen LogP contribution in [-0.2, 0) is 19.2 Å². The van der Waals surface area contributed by atoms with Crippen LogP contribution in [0.3, 0.4) is 0 Å². The summed E-state index contributed by atoms with van der Waals surface area (Å²) in [5, 5.41) is 8.42. The van der Waals surface area contributed by atoms with Gasteiger partial charge in [-0.15, -0.1) is 0 Å². The van der Waals surface area contributed by atoms with Gasteiger partial charge < -0.3 is 5.11 Å². The number of aliphatic carboxylic acids is 1. The van der Waals surface area contributed by atoms with E-state index in [1.807, 2.05) is 0 Å². The number of imide groups is 3. The Balaban J connectivity index is 2.15. The summed E-state index contributed by atoms with van der Waals surface area (Å²) in [7, 11) is 0. The number of amides is 3. The number of rotatable bonds is 7. The maximum Gasteiger partial charge on any atom is 0.303 e. The van der Waals surface area contributed by atoms with Crippen LogP contribution in [0.5, 0.6) is 0 Å². The van der Waals surface area contributed by atoms with Gasteiger partial charge in [0.05, 0.1) is 0 Å². The normalized spacial score (nSPS) is 15.2. The molecular formula is C12H17NO5. The van der Waals surface area contributed by atoms with E-state index in [0.29, 0.717) is 12.8 Å². The number of likely N-dealkylation sites (tertiary alicyclic amines) is 1. The SMILES string of the molecule is O=C(O)CCCCCCC(=O)N1C(=O)CCC1=O. The second-order valence-electron chi connectivity index (χ2n) is 4.32. The Morgan fingerprint density at radius 2 is 1.44 bits per heavy atom. The molecule has 6 heteroatoms. The Morgan fingerprint density at radius 3 is 1.94 bits per heavy atom. The molecule has 0 aliphatic carbocycles. The van der Waals surface area contributed by atoms with E-state index in [1.165, 1.54) is 0 Å². The van der Waals surface area contributed by atoms with Crippen LogP contribution < -0.4 is 0 Å². The van der Waals surface area contributed by atoms with E-state index in [0.717, 1.165) is 17.7 Å². The number of hydrogen-bond donors (Lipinski definition) is 1. The van der Waals surface area contributed by atoms with Crippen LogP contribution in [0, 0.1) is 0 Å². The van der Waals surface area contributed by atoms with Crippen molar-refractivity contribution >= 4 is 23.7 Å². The number of carbonyl (C=O) groups excluding carboxylic acids is 3. The van der Waals surface area contributed by atoms with Crippen LogP contribution in [0.15, 0.2) is 0 Å². The van der Waals surface area contributed by atoms with Gasteiger partial charge >= 0.3 is 5.97 Å². The van der Waals surface area contributed by atoms with Gasteiger partial charge in [-0.25, -0.2) is 4.90 Å². The van der Waals surface area contributed by atoms with Gasteiger partial charge in [0, 0.05) is 25.7 Å². The predicted molar refractivity (Wildman–Crippen MR) is 61.4 cm³/mol. The van der Waals surface area contributed by atoms with E-state index in [4.69, 9.17) is 5.11 Å². The molecule has 1 aliphatic rings. The van der Waals surface area contributed by atoms with Crippen molar-refractivity contribution in [3.8, 4) is 0 Å². The Bertz CT molecular complexity index is 347. The molecule has 0 unspecified atom stereocenters. The van der Waals surface area contributed by atoms with Gasteiger partial charge in [-0.2, -0.15) is 0 Å². The van der Waals surface area contributed by atoms with Crippen molar-refractivity contribution in [3.63, 3.8) is 0 Å². The topological polar surface area (TPSA) is 91.8 Å². The van der Waals surface area contributed by atoms with Gasteiger partial charge in [-0.05, 0) is 12.8 Å². The monoisotopic (exact) mass is 255 g/mol. The quantitative estimate of drug-likeness (QED) is 0.543. The third kappa shape index (κ3) is 4.27. The van der Waals surface area contributed by atoms with Crippen LogP contribution in [-0.4, -0.2) is 33.7 Å². The van der Waals surface area contributed by atoms with Crippen molar-refractivity contribution in [2.45, 2.75) is 51.4 Å². The Labute approximate surface area is 105 Å². The number of unbranched alkanes of at least 4 members (excludes halogenated alkanes) is 3. The summed E-state index contributed by atoms with van der Waals surface area (Å²) in [5.41, 5.74) is 0. The lowest BCUT2D eigenvalue weighted by atomic mass is 10.1. The highest BCUT2D eigenvalue weighted by Gasteiger charge is 2.33. The third-order valence-corrected chi connectivity index (χ3v) is 2.83. The van der Waals surface area contributed by atoms with Crippen molar-refractivity contribution in [1.82, 2.24) is 4.90 Å². The molecule has 1 rings (SSSR count). The Hall–Kier alpha value is -1.72. The number of hydrogen-bond acceptors (Lipinski definition) is 4. The lowest BCUT2D eigenvalue weighted by molar-refractivity contribution is -0.149. The fourth-order valence-electron chi connectivity index (χ4n) is 1.87. The zero-order valence-electron chi connectivity index (χ0n) is 10.2. The third-order valence-electron chi connectivity index (χ3n) is 2.83. The molecule has 1 N–H and O–H groups in total. The minimum Gasteiger partial charge on any atom is -0.481 e. The molecular weight excluding hydrogens is 238 g/mol. The van der Waals surface area contributed by atoms with Gasteiger partial charge in [0.2, 0.25) is 17.7 Å². The largest absolute Gasteiger partial charge is 0.481 e. The van der Waals surface area contributed by atoms with E-state index in [2.05, 4.69) is 0 Å². The highest BCUT2D eigenvalue weighted by atomic mass is 16.4. The molecule has 0 bridgehead atoms. The Kier molecular flexibility index (Phi) is 5.48. The Morgan fingerprint density at radius 1 is 0.944 bits per heavy atom.